The van der Waals surface area contributed by atoms with E-state index < -0.39 is 0 Å². The van der Waals surface area contributed by atoms with Gasteiger partial charge in [0, 0.05) is 12.2 Å². The van der Waals surface area contributed by atoms with Crippen molar-refractivity contribution >= 4 is 46.4 Å². The molecule has 8 heteroatoms. The number of benzene rings is 2. The summed E-state index contributed by atoms with van der Waals surface area (Å²) in [4.78, 5) is 28.1. The van der Waals surface area contributed by atoms with Crippen LogP contribution in [0.25, 0.3) is 0 Å². The van der Waals surface area contributed by atoms with Crippen molar-refractivity contribution in [1.82, 2.24) is 4.90 Å². The lowest BCUT2D eigenvalue weighted by Crippen LogP contribution is -2.42. The maximum absolute atomic E-state index is 12.7. The molecule has 2 rings (SSSR count). The summed E-state index contributed by atoms with van der Waals surface area (Å²) in [6, 6.07) is 16.1. The molecular weight excluding hydrogens is 399 g/mol. The molecule has 0 fully saturated rings. The summed E-state index contributed by atoms with van der Waals surface area (Å²) in [5.41, 5.74) is 1.05. The Labute approximate surface area is 174 Å². The molecule has 0 unspecified atom stereocenters. The van der Waals surface area contributed by atoms with Crippen LogP contribution in [0.3, 0.4) is 0 Å². The minimum atomic E-state index is -0.339. The molecule has 6 nitrogen and oxygen atoms in total. The first-order valence-corrected chi connectivity index (χ1v) is 9.32. The van der Waals surface area contributed by atoms with Crippen molar-refractivity contribution in [1.29, 1.82) is 5.26 Å². The van der Waals surface area contributed by atoms with E-state index in [1.165, 1.54) is 0 Å². The van der Waals surface area contributed by atoms with E-state index in [1.54, 1.807) is 47.2 Å². The highest BCUT2D eigenvalue weighted by Crippen LogP contribution is 2.29. The maximum atomic E-state index is 12.7. The van der Waals surface area contributed by atoms with E-state index in [1.807, 2.05) is 24.3 Å². The standard InChI is InChI=1S/C20H20Cl2N4O2/c1-25(13-18(27)24-20-16(21)9-5-10-17(20)22)14-19(28)26(12-6-11-23)15-7-3-2-4-8-15/h2-5,7-10H,6,12-14H2,1H3,(H,24,27). The normalized spacial score (nSPS) is 10.4. The first-order chi connectivity index (χ1) is 13.4. The molecule has 0 aliphatic carbocycles. The minimum absolute atomic E-state index is 0.0179. The second-order valence-corrected chi connectivity index (χ2v) is 6.92. The molecule has 0 spiro atoms. The van der Waals surface area contributed by atoms with Crippen LogP contribution in [0.5, 0.6) is 0 Å². The van der Waals surface area contributed by atoms with E-state index in [0.29, 0.717) is 21.4 Å². The average Bonchev–Trinajstić information content (AvgIpc) is 2.66. The fourth-order valence-electron chi connectivity index (χ4n) is 2.58. The van der Waals surface area contributed by atoms with Crippen LogP contribution in [0.2, 0.25) is 10.0 Å². The Hall–Kier alpha value is -2.59. The van der Waals surface area contributed by atoms with Gasteiger partial charge in [0.05, 0.1) is 41.3 Å². The van der Waals surface area contributed by atoms with Gasteiger partial charge >= 0.3 is 0 Å². The molecule has 2 amide bonds. The van der Waals surface area contributed by atoms with Gasteiger partial charge in [0.1, 0.15) is 0 Å². The van der Waals surface area contributed by atoms with E-state index in [9.17, 15) is 9.59 Å². The van der Waals surface area contributed by atoms with Crippen molar-refractivity contribution in [2.75, 3.05) is 36.9 Å². The molecule has 0 saturated carbocycles. The summed E-state index contributed by atoms with van der Waals surface area (Å²) < 4.78 is 0. The summed E-state index contributed by atoms with van der Waals surface area (Å²) in [6.07, 6.45) is 0.218. The fourth-order valence-corrected chi connectivity index (χ4v) is 3.07. The molecule has 2 aromatic carbocycles. The Morgan fingerprint density at radius 2 is 1.68 bits per heavy atom. The van der Waals surface area contributed by atoms with E-state index >= 15 is 0 Å². The lowest BCUT2D eigenvalue weighted by atomic mass is 10.2. The van der Waals surface area contributed by atoms with Gasteiger partial charge in [-0.15, -0.1) is 0 Å². The number of amides is 2. The average molecular weight is 419 g/mol. The number of hydrogen-bond acceptors (Lipinski definition) is 4. The predicted molar refractivity (Wildman–Crippen MR) is 112 cm³/mol. The fraction of sp³-hybridized carbons (Fsp3) is 0.250. The molecule has 2 aromatic rings. The Kier molecular flexibility index (Phi) is 8.27. The highest BCUT2D eigenvalue weighted by Gasteiger charge is 2.19. The molecule has 0 aromatic heterocycles. The largest absolute Gasteiger partial charge is 0.322 e. The molecule has 0 atom stereocenters. The Bertz CT molecular complexity index is 848. The van der Waals surface area contributed by atoms with Crippen molar-refractivity contribution in [2.24, 2.45) is 0 Å². The molecule has 1 N–H and O–H groups in total. The van der Waals surface area contributed by atoms with Crippen LogP contribution in [-0.2, 0) is 9.59 Å². The number of carbonyl (C=O) groups excluding carboxylic acids is 2. The number of halogens is 2. The Morgan fingerprint density at radius 1 is 1.04 bits per heavy atom. The zero-order valence-electron chi connectivity index (χ0n) is 15.4. The summed E-state index contributed by atoms with van der Waals surface area (Å²) in [6.45, 7) is 0.285. The second-order valence-electron chi connectivity index (χ2n) is 6.11. The first kappa shape index (κ1) is 21.7. The number of nitrogens with zero attached hydrogens (tertiary/aromatic N) is 3. The topological polar surface area (TPSA) is 76.4 Å². The van der Waals surface area contributed by atoms with E-state index in [-0.39, 0.29) is 37.9 Å². The van der Waals surface area contributed by atoms with Gasteiger partial charge in [0.2, 0.25) is 11.8 Å². The lowest BCUT2D eigenvalue weighted by Gasteiger charge is -2.25. The lowest BCUT2D eigenvalue weighted by molar-refractivity contribution is -0.121. The van der Waals surface area contributed by atoms with Crippen molar-refractivity contribution < 1.29 is 9.59 Å². The van der Waals surface area contributed by atoms with Crippen molar-refractivity contribution in [2.45, 2.75) is 6.42 Å². The van der Waals surface area contributed by atoms with Crippen LogP contribution in [0.1, 0.15) is 6.42 Å². The third-order valence-corrected chi connectivity index (χ3v) is 4.49. The molecule has 0 radical (unpaired) electrons. The van der Waals surface area contributed by atoms with Crippen LogP contribution in [0.4, 0.5) is 11.4 Å². The van der Waals surface area contributed by atoms with Crippen LogP contribution >= 0.6 is 23.2 Å². The van der Waals surface area contributed by atoms with Crippen LogP contribution < -0.4 is 10.2 Å². The SMILES string of the molecule is CN(CC(=O)Nc1c(Cl)cccc1Cl)CC(=O)N(CCC#N)c1ccccc1. The third kappa shape index (κ3) is 6.24. The molecule has 0 bridgehead atoms. The number of anilines is 2. The first-order valence-electron chi connectivity index (χ1n) is 8.57. The quantitative estimate of drug-likeness (QED) is 0.706. The van der Waals surface area contributed by atoms with Gasteiger partial charge in [-0.25, -0.2) is 0 Å². The summed E-state index contributed by atoms with van der Waals surface area (Å²) in [5.74, 6) is -0.541. The minimum Gasteiger partial charge on any atom is -0.322 e. The number of rotatable bonds is 8. The van der Waals surface area contributed by atoms with Gasteiger partial charge in [0.25, 0.3) is 0 Å². The van der Waals surface area contributed by atoms with E-state index in [4.69, 9.17) is 28.5 Å². The summed E-state index contributed by atoms with van der Waals surface area (Å²) in [7, 11) is 1.67. The van der Waals surface area contributed by atoms with E-state index in [2.05, 4.69) is 5.32 Å². The number of carbonyl (C=O) groups is 2. The smallest absolute Gasteiger partial charge is 0.241 e. The zero-order valence-corrected chi connectivity index (χ0v) is 16.9. The molecule has 0 aliphatic heterocycles. The van der Waals surface area contributed by atoms with Crippen LogP contribution in [0, 0.1) is 11.3 Å². The molecule has 28 heavy (non-hydrogen) atoms. The monoisotopic (exact) mass is 418 g/mol. The Morgan fingerprint density at radius 3 is 2.29 bits per heavy atom. The highest BCUT2D eigenvalue weighted by atomic mass is 35.5. The predicted octanol–water partition coefficient (Wildman–Crippen LogP) is 3.81. The zero-order chi connectivity index (χ0) is 20.5. The molecule has 146 valence electrons. The molecule has 0 heterocycles. The third-order valence-electron chi connectivity index (χ3n) is 3.86. The summed E-state index contributed by atoms with van der Waals surface area (Å²) >= 11 is 12.1. The van der Waals surface area contributed by atoms with Gasteiger partial charge in [-0.05, 0) is 31.3 Å². The van der Waals surface area contributed by atoms with Crippen molar-refractivity contribution in [3.8, 4) is 6.07 Å². The van der Waals surface area contributed by atoms with Crippen LogP contribution in [0.15, 0.2) is 48.5 Å². The van der Waals surface area contributed by atoms with Gasteiger partial charge < -0.3 is 10.2 Å². The van der Waals surface area contributed by atoms with Crippen molar-refractivity contribution in [3.63, 3.8) is 0 Å². The number of nitrogens with one attached hydrogen (secondary N) is 1. The van der Waals surface area contributed by atoms with Gasteiger partial charge in [-0.3, -0.25) is 14.5 Å². The maximum Gasteiger partial charge on any atom is 0.241 e. The number of hydrogen-bond donors (Lipinski definition) is 1. The van der Waals surface area contributed by atoms with Gasteiger partial charge in [-0.1, -0.05) is 47.5 Å². The second kappa shape index (κ2) is 10.7. The highest BCUT2D eigenvalue weighted by molar-refractivity contribution is 6.39. The summed E-state index contributed by atoms with van der Waals surface area (Å²) in [5, 5.41) is 12.2. The van der Waals surface area contributed by atoms with Crippen molar-refractivity contribution in [3.05, 3.63) is 58.6 Å². The number of likely N-dealkylation sites (N-methyl/N-ethyl adjacent to an activating group) is 1. The van der Waals surface area contributed by atoms with Crippen LogP contribution in [-0.4, -0.2) is 43.4 Å². The Balaban J connectivity index is 1.98. The van der Waals surface area contributed by atoms with Gasteiger partial charge in [-0.2, -0.15) is 5.26 Å². The van der Waals surface area contributed by atoms with Gasteiger partial charge in [0.15, 0.2) is 0 Å². The molecule has 0 saturated heterocycles. The van der Waals surface area contributed by atoms with E-state index in [0.717, 1.165) is 0 Å². The molecule has 0 aliphatic rings. The number of nitriles is 1. The number of para-hydroxylation sites is 2. The molecular formula is C20H20Cl2N4O2.